The van der Waals surface area contributed by atoms with Crippen molar-refractivity contribution in [3.63, 3.8) is 0 Å². The third kappa shape index (κ3) is 9.46. The number of ether oxygens (including phenoxy) is 5. The molecule has 3 aromatic rings. The lowest BCUT2D eigenvalue weighted by Gasteiger charge is -2.26. The van der Waals surface area contributed by atoms with Crippen molar-refractivity contribution in [2.75, 3.05) is 26.4 Å². The van der Waals surface area contributed by atoms with Crippen LogP contribution < -0.4 is 14.2 Å². The molecule has 0 bridgehead atoms. The van der Waals surface area contributed by atoms with Gasteiger partial charge in [-0.15, -0.1) is 0 Å². The first-order chi connectivity index (χ1) is 21.8. The first kappa shape index (κ1) is 33.3. The molecule has 0 spiro atoms. The third-order valence-corrected chi connectivity index (χ3v) is 7.70. The number of hydrogen-bond donors (Lipinski definition) is 1. The summed E-state index contributed by atoms with van der Waals surface area (Å²) in [4.78, 5) is 36.6. The highest BCUT2D eigenvalue weighted by Crippen LogP contribution is 2.34. The summed E-state index contributed by atoms with van der Waals surface area (Å²) in [7, 11) is 0. The van der Waals surface area contributed by atoms with Crippen molar-refractivity contribution >= 4 is 34.9 Å². The number of carbonyl (C=O) groups excluding carboxylic acids is 3. The smallest absolute Gasteiger partial charge is 0.366 e. The topological polar surface area (TPSA) is 121 Å². The SMILES string of the molecule is C=C(F)C(=O)OCCOCCOc1ccc(C(=O)Oc2ccc3cc(OC(=O)C4CCC(CCC)CC4)ccc3c2C=N)cc1. The lowest BCUT2D eigenvalue weighted by atomic mass is 9.80. The van der Waals surface area contributed by atoms with E-state index in [4.69, 9.17) is 24.4 Å². The Balaban J connectivity index is 1.28. The minimum absolute atomic E-state index is 0.0777. The Kier molecular flexibility index (Phi) is 12.2. The molecule has 0 aromatic heterocycles. The van der Waals surface area contributed by atoms with Crippen LogP contribution >= 0.6 is 0 Å². The zero-order valence-electron chi connectivity index (χ0n) is 25.4. The van der Waals surface area contributed by atoms with Gasteiger partial charge in [0, 0.05) is 11.8 Å². The van der Waals surface area contributed by atoms with Crippen molar-refractivity contribution in [3.05, 3.63) is 78.1 Å². The van der Waals surface area contributed by atoms with Gasteiger partial charge in [-0.2, -0.15) is 4.39 Å². The molecule has 1 N–H and O–H groups in total. The van der Waals surface area contributed by atoms with Gasteiger partial charge < -0.3 is 29.1 Å². The Morgan fingerprint density at radius 1 is 0.911 bits per heavy atom. The van der Waals surface area contributed by atoms with Crippen LogP contribution in [-0.4, -0.2) is 50.6 Å². The van der Waals surface area contributed by atoms with Gasteiger partial charge in [-0.05, 0) is 90.9 Å². The molecular formula is C35H38FNO8. The minimum atomic E-state index is -1.16. The van der Waals surface area contributed by atoms with Crippen LogP contribution in [0.15, 0.2) is 67.0 Å². The molecular weight excluding hydrogens is 581 g/mol. The number of fused-ring (bicyclic) bond motifs is 1. The molecule has 9 nitrogen and oxygen atoms in total. The molecule has 4 rings (SSSR count). The van der Waals surface area contributed by atoms with Gasteiger partial charge in [-0.3, -0.25) is 4.79 Å². The molecule has 0 unspecified atom stereocenters. The number of benzene rings is 3. The van der Waals surface area contributed by atoms with Crippen molar-refractivity contribution in [2.24, 2.45) is 11.8 Å². The van der Waals surface area contributed by atoms with E-state index in [9.17, 15) is 18.8 Å². The maximum absolute atomic E-state index is 12.9. The molecule has 1 fully saturated rings. The van der Waals surface area contributed by atoms with Crippen LogP contribution in [0.2, 0.25) is 0 Å². The zero-order valence-corrected chi connectivity index (χ0v) is 25.4. The highest BCUT2D eigenvalue weighted by molar-refractivity contribution is 6.03. The van der Waals surface area contributed by atoms with Crippen LogP contribution in [0.4, 0.5) is 4.39 Å². The van der Waals surface area contributed by atoms with E-state index in [1.165, 1.54) is 12.8 Å². The number of carbonyl (C=O) groups is 3. The summed E-state index contributed by atoms with van der Waals surface area (Å²) in [5.74, 6) is -1.28. The zero-order chi connectivity index (χ0) is 32.2. The summed E-state index contributed by atoms with van der Waals surface area (Å²) in [6.07, 6.45) is 7.36. The summed E-state index contributed by atoms with van der Waals surface area (Å²) in [6, 6.07) is 14.9. The fourth-order valence-electron chi connectivity index (χ4n) is 5.35. The van der Waals surface area contributed by atoms with Crippen molar-refractivity contribution in [1.82, 2.24) is 0 Å². The van der Waals surface area contributed by atoms with Gasteiger partial charge >= 0.3 is 17.9 Å². The van der Waals surface area contributed by atoms with Crippen molar-refractivity contribution < 1.29 is 42.5 Å². The molecule has 1 aliphatic carbocycles. The van der Waals surface area contributed by atoms with Crippen LogP contribution in [0.5, 0.6) is 17.2 Å². The van der Waals surface area contributed by atoms with E-state index in [1.54, 1.807) is 54.6 Å². The molecule has 1 aliphatic rings. The summed E-state index contributed by atoms with van der Waals surface area (Å²) >= 11 is 0. The van der Waals surface area contributed by atoms with Crippen molar-refractivity contribution in [1.29, 1.82) is 5.41 Å². The molecule has 0 radical (unpaired) electrons. The minimum Gasteiger partial charge on any atom is -0.491 e. The Morgan fingerprint density at radius 2 is 1.62 bits per heavy atom. The molecule has 0 aliphatic heterocycles. The fourth-order valence-corrected chi connectivity index (χ4v) is 5.35. The van der Waals surface area contributed by atoms with E-state index in [2.05, 4.69) is 18.2 Å². The second-order valence-corrected chi connectivity index (χ2v) is 10.8. The monoisotopic (exact) mass is 619 g/mol. The number of hydrogen-bond acceptors (Lipinski definition) is 9. The number of esters is 3. The molecule has 238 valence electrons. The van der Waals surface area contributed by atoms with E-state index < -0.39 is 17.8 Å². The molecule has 0 saturated heterocycles. The second kappa shape index (κ2) is 16.5. The predicted octanol–water partition coefficient (Wildman–Crippen LogP) is 6.99. The van der Waals surface area contributed by atoms with Gasteiger partial charge in [0.2, 0.25) is 5.83 Å². The Bertz CT molecular complexity index is 1510. The van der Waals surface area contributed by atoms with E-state index in [0.717, 1.165) is 37.3 Å². The van der Waals surface area contributed by atoms with Crippen LogP contribution in [0, 0.1) is 17.2 Å². The average Bonchev–Trinajstić information content (AvgIpc) is 3.04. The Labute approximate surface area is 261 Å². The summed E-state index contributed by atoms with van der Waals surface area (Å²) in [5, 5.41) is 9.41. The molecule has 0 amide bonds. The lowest BCUT2D eigenvalue weighted by molar-refractivity contribution is -0.142. The van der Waals surface area contributed by atoms with Gasteiger partial charge in [0.1, 0.15) is 30.5 Å². The van der Waals surface area contributed by atoms with Crippen molar-refractivity contribution in [3.8, 4) is 17.2 Å². The van der Waals surface area contributed by atoms with E-state index in [-0.39, 0.29) is 49.6 Å². The first-order valence-corrected chi connectivity index (χ1v) is 15.1. The molecule has 0 atom stereocenters. The Morgan fingerprint density at radius 3 is 2.31 bits per heavy atom. The number of nitrogens with one attached hydrogen (secondary N) is 1. The van der Waals surface area contributed by atoms with Gasteiger partial charge in [0.05, 0.1) is 24.7 Å². The number of rotatable bonds is 15. The molecule has 10 heteroatoms. The lowest BCUT2D eigenvalue weighted by Crippen LogP contribution is -2.25. The summed E-state index contributed by atoms with van der Waals surface area (Å²) in [6.45, 7) is 5.42. The second-order valence-electron chi connectivity index (χ2n) is 10.8. The van der Waals surface area contributed by atoms with Crippen LogP contribution in [0.3, 0.4) is 0 Å². The average molecular weight is 620 g/mol. The maximum Gasteiger partial charge on any atom is 0.366 e. The maximum atomic E-state index is 12.9. The first-order valence-electron chi connectivity index (χ1n) is 15.1. The predicted molar refractivity (Wildman–Crippen MR) is 167 cm³/mol. The highest BCUT2D eigenvalue weighted by Gasteiger charge is 2.27. The van der Waals surface area contributed by atoms with E-state index in [0.29, 0.717) is 28.4 Å². The van der Waals surface area contributed by atoms with Gasteiger partial charge in [-0.1, -0.05) is 32.4 Å². The van der Waals surface area contributed by atoms with Crippen LogP contribution in [0.25, 0.3) is 10.8 Å². The fraction of sp³-hybridized carbons (Fsp3) is 0.371. The van der Waals surface area contributed by atoms with E-state index >= 15 is 0 Å². The quantitative estimate of drug-likeness (QED) is 0.0635. The normalized spacial score (nSPS) is 16.0. The van der Waals surface area contributed by atoms with E-state index in [1.807, 2.05) is 0 Å². The molecule has 0 heterocycles. The third-order valence-electron chi connectivity index (χ3n) is 7.70. The standard InChI is InChI=1S/C35H38FNO8/c1-3-4-24-5-7-25(8-6-24)34(39)44-29-14-15-30-27(21-29)11-16-32(31(30)22-37)45-35(40)26-9-12-28(13-10-26)42-19-17-41-18-20-43-33(38)23(2)36/h9-16,21-22,24-25,37H,2-8,17-20H2,1H3. The molecule has 45 heavy (non-hydrogen) atoms. The largest absolute Gasteiger partial charge is 0.491 e. The highest BCUT2D eigenvalue weighted by atomic mass is 19.1. The van der Waals surface area contributed by atoms with Gasteiger partial charge in [0.25, 0.3) is 0 Å². The molecule has 3 aromatic carbocycles. The van der Waals surface area contributed by atoms with Gasteiger partial charge in [0.15, 0.2) is 0 Å². The summed E-state index contributed by atoms with van der Waals surface area (Å²) in [5.41, 5.74) is 0.717. The van der Waals surface area contributed by atoms with Crippen LogP contribution in [-0.2, 0) is 19.1 Å². The van der Waals surface area contributed by atoms with Crippen molar-refractivity contribution in [2.45, 2.75) is 45.4 Å². The number of halogens is 1. The Hall–Kier alpha value is -4.57. The molecule has 1 saturated carbocycles. The summed E-state index contributed by atoms with van der Waals surface area (Å²) < 4.78 is 39.3. The van der Waals surface area contributed by atoms with Gasteiger partial charge in [-0.25, -0.2) is 9.59 Å². The van der Waals surface area contributed by atoms with Crippen LogP contribution in [0.1, 0.15) is 61.4 Å².